The van der Waals surface area contributed by atoms with Crippen molar-refractivity contribution >= 4 is 23.9 Å². The number of allylic oxidation sites excluding steroid dienone is 1. The number of ketones is 1. The van der Waals surface area contributed by atoms with Gasteiger partial charge in [0.2, 0.25) is 0 Å². The van der Waals surface area contributed by atoms with Gasteiger partial charge in [-0.2, -0.15) is 0 Å². The Bertz CT molecular complexity index is 1360. The third-order valence-corrected chi connectivity index (χ3v) is 5.98. The number of carbonyl (C=O) groups excluding carboxylic acids is 4. The fraction of sp³-hybridized carbons (Fsp3) is 0.250. The number of esters is 2. The number of ether oxygens (including phenoxy) is 4. The van der Waals surface area contributed by atoms with Crippen LogP contribution in [-0.4, -0.2) is 35.6 Å². The van der Waals surface area contributed by atoms with E-state index in [0.29, 0.717) is 18.4 Å². The van der Waals surface area contributed by atoms with E-state index in [4.69, 9.17) is 18.9 Å². The molecule has 0 saturated heterocycles. The van der Waals surface area contributed by atoms with Gasteiger partial charge >= 0.3 is 18.1 Å². The summed E-state index contributed by atoms with van der Waals surface area (Å²) in [5.74, 6) is -0.367. The Kier molecular flexibility index (Phi) is 11.7. The molecule has 0 spiro atoms. The Morgan fingerprint density at radius 2 is 1.22 bits per heavy atom. The van der Waals surface area contributed by atoms with Crippen LogP contribution in [0.25, 0.3) is 0 Å². The van der Waals surface area contributed by atoms with Crippen molar-refractivity contribution in [3.05, 3.63) is 96.1 Å². The third-order valence-electron chi connectivity index (χ3n) is 5.98. The molecule has 0 bridgehead atoms. The molecule has 41 heavy (non-hydrogen) atoms. The van der Waals surface area contributed by atoms with E-state index in [0.717, 1.165) is 25.7 Å². The highest BCUT2D eigenvalue weighted by molar-refractivity contribution is 5.92. The lowest BCUT2D eigenvalue weighted by atomic mass is 10.1. The van der Waals surface area contributed by atoms with Gasteiger partial charge < -0.3 is 24.1 Å². The molecule has 0 atom stereocenters. The number of benzene rings is 3. The molecule has 9 heteroatoms. The zero-order chi connectivity index (χ0) is 29.6. The summed E-state index contributed by atoms with van der Waals surface area (Å²) in [6, 6.07) is 16.2. The molecule has 3 rings (SSSR count). The predicted octanol–water partition coefficient (Wildman–Crippen LogP) is 6.75. The first-order valence-corrected chi connectivity index (χ1v) is 13.2. The van der Waals surface area contributed by atoms with Gasteiger partial charge in [0.15, 0.2) is 5.78 Å². The molecule has 0 fully saturated rings. The highest BCUT2D eigenvalue weighted by Gasteiger charge is 2.13. The second-order valence-electron chi connectivity index (χ2n) is 9.16. The van der Waals surface area contributed by atoms with Crippen LogP contribution in [0.4, 0.5) is 4.79 Å². The minimum atomic E-state index is -0.835. The molecule has 3 aromatic rings. The summed E-state index contributed by atoms with van der Waals surface area (Å²) in [6.07, 6.45) is 5.28. The van der Waals surface area contributed by atoms with Crippen LogP contribution in [0.2, 0.25) is 0 Å². The molecule has 1 N–H and O–H groups in total. The van der Waals surface area contributed by atoms with Gasteiger partial charge in [-0.25, -0.2) is 14.4 Å². The quantitative estimate of drug-likeness (QED) is 0.0749. The van der Waals surface area contributed by atoms with E-state index in [1.54, 1.807) is 6.92 Å². The minimum Gasteiger partial charge on any atom is -0.508 e. The molecule has 0 aromatic heterocycles. The second kappa shape index (κ2) is 15.6. The first-order valence-electron chi connectivity index (χ1n) is 13.2. The Morgan fingerprint density at radius 1 is 0.707 bits per heavy atom. The summed E-state index contributed by atoms with van der Waals surface area (Å²) < 4.78 is 20.9. The molecular formula is C32H32O9. The van der Waals surface area contributed by atoms with Gasteiger partial charge in [-0.15, -0.1) is 0 Å². The molecule has 0 heterocycles. The minimum absolute atomic E-state index is 0.0516. The SMILES string of the molecule is C=CC(=O)CCCCCCCOC(=O)Oc1ccc(C(=O)Oc2ccc(OC(=O)c3ccc(O)c(C)c3)cc2)cc1. The molecule has 0 aliphatic carbocycles. The maximum absolute atomic E-state index is 12.5. The predicted molar refractivity (Wildman–Crippen MR) is 151 cm³/mol. The van der Waals surface area contributed by atoms with Crippen LogP contribution in [0, 0.1) is 6.92 Å². The van der Waals surface area contributed by atoms with Crippen molar-refractivity contribution in [3.63, 3.8) is 0 Å². The monoisotopic (exact) mass is 560 g/mol. The number of aryl methyl sites for hydroxylation is 1. The van der Waals surface area contributed by atoms with Gasteiger partial charge in [-0.3, -0.25) is 4.79 Å². The molecule has 0 saturated carbocycles. The van der Waals surface area contributed by atoms with Crippen molar-refractivity contribution in [1.82, 2.24) is 0 Å². The maximum Gasteiger partial charge on any atom is 0.513 e. The number of hydrogen-bond donors (Lipinski definition) is 1. The molecule has 0 radical (unpaired) electrons. The van der Waals surface area contributed by atoms with E-state index in [9.17, 15) is 24.3 Å². The lowest BCUT2D eigenvalue weighted by Gasteiger charge is -2.08. The summed E-state index contributed by atoms with van der Waals surface area (Å²) in [5.41, 5.74) is 1.08. The topological polar surface area (TPSA) is 125 Å². The summed E-state index contributed by atoms with van der Waals surface area (Å²) in [5, 5.41) is 9.60. The third kappa shape index (κ3) is 10.3. The number of phenols is 1. The normalized spacial score (nSPS) is 10.4. The number of phenolic OH excluding ortho intramolecular Hbond substituents is 1. The maximum atomic E-state index is 12.5. The van der Waals surface area contributed by atoms with Gasteiger partial charge in [-0.1, -0.05) is 25.8 Å². The van der Waals surface area contributed by atoms with E-state index in [-0.39, 0.29) is 46.5 Å². The van der Waals surface area contributed by atoms with E-state index < -0.39 is 18.1 Å². The summed E-state index contributed by atoms with van der Waals surface area (Å²) in [6.45, 7) is 5.35. The van der Waals surface area contributed by atoms with Crippen molar-refractivity contribution in [1.29, 1.82) is 0 Å². The Labute approximate surface area is 238 Å². The molecule has 0 amide bonds. The standard InChI is InChI=1S/C32H32O9/c1-3-25(33)9-7-5-4-6-8-20-38-32(37)41-28-13-10-23(11-14-28)30(35)39-26-15-17-27(18-16-26)40-31(36)24-12-19-29(34)22(2)21-24/h3,10-19,21,34H,1,4-9,20H2,2H3. The Hall–Kier alpha value is -4.92. The van der Waals surface area contributed by atoms with Crippen molar-refractivity contribution in [2.45, 2.75) is 45.4 Å². The van der Waals surface area contributed by atoms with Crippen LogP contribution in [0.3, 0.4) is 0 Å². The van der Waals surface area contributed by atoms with Crippen LogP contribution in [0.5, 0.6) is 23.0 Å². The number of aromatic hydroxyl groups is 1. The van der Waals surface area contributed by atoms with Crippen molar-refractivity contribution in [2.75, 3.05) is 6.61 Å². The fourth-order valence-corrected chi connectivity index (χ4v) is 3.66. The highest BCUT2D eigenvalue weighted by Crippen LogP contribution is 2.22. The van der Waals surface area contributed by atoms with Crippen molar-refractivity contribution < 1.29 is 43.2 Å². The Morgan fingerprint density at radius 3 is 1.83 bits per heavy atom. The molecule has 3 aromatic carbocycles. The average Bonchev–Trinajstić information content (AvgIpc) is 2.97. The molecule has 214 valence electrons. The fourth-order valence-electron chi connectivity index (χ4n) is 3.66. The van der Waals surface area contributed by atoms with Crippen molar-refractivity contribution in [3.8, 4) is 23.0 Å². The number of unbranched alkanes of at least 4 members (excludes halogenated alkanes) is 4. The lowest BCUT2D eigenvalue weighted by molar-refractivity contribution is -0.114. The zero-order valence-corrected chi connectivity index (χ0v) is 22.8. The second-order valence-corrected chi connectivity index (χ2v) is 9.16. The van der Waals surface area contributed by atoms with E-state index in [1.165, 1.54) is 72.8 Å². The summed E-state index contributed by atoms with van der Waals surface area (Å²) in [4.78, 5) is 47.9. The molecule has 0 aliphatic rings. The molecule has 9 nitrogen and oxygen atoms in total. The van der Waals surface area contributed by atoms with E-state index in [1.807, 2.05) is 0 Å². The summed E-state index contributed by atoms with van der Waals surface area (Å²) in [7, 11) is 0. The van der Waals surface area contributed by atoms with Gasteiger partial charge in [-0.05, 0) is 98.1 Å². The van der Waals surface area contributed by atoms with E-state index in [2.05, 4.69) is 6.58 Å². The lowest BCUT2D eigenvalue weighted by Crippen LogP contribution is -2.12. The average molecular weight is 561 g/mol. The molecule has 0 aliphatic heterocycles. The number of hydrogen-bond acceptors (Lipinski definition) is 9. The first kappa shape index (κ1) is 30.6. The van der Waals surface area contributed by atoms with Gasteiger partial charge in [0.05, 0.1) is 17.7 Å². The van der Waals surface area contributed by atoms with Crippen LogP contribution in [0.15, 0.2) is 79.4 Å². The highest BCUT2D eigenvalue weighted by atomic mass is 16.7. The van der Waals surface area contributed by atoms with E-state index >= 15 is 0 Å². The molecular weight excluding hydrogens is 528 g/mol. The van der Waals surface area contributed by atoms with Crippen LogP contribution in [-0.2, 0) is 9.53 Å². The van der Waals surface area contributed by atoms with Crippen LogP contribution < -0.4 is 14.2 Å². The zero-order valence-electron chi connectivity index (χ0n) is 22.8. The first-order chi connectivity index (χ1) is 19.7. The van der Waals surface area contributed by atoms with Gasteiger partial charge in [0, 0.05) is 6.42 Å². The number of rotatable bonds is 14. The van der Waals surface area contributed by atoms with Gasteiger partial charge in [0.25, 0.3) is 0 Å². The largest absolute Gasteiger partial charge is 0.513 e. The van der Waals surface area contributed by atoms with Crippen molar-refractivity contribution in [2.24, 2.45) is 0 Å². The van der Waals surface area contributed by atoms with Gasteiger partial charge in [0.1, 0.15) is 23.0 Å². The Balaban J connectivity index is 1.38. The smallest absolute Gasteiger partial charge is 0.508 e. The number of carbonyl (C=O) groups is 4. The van der Waals surface area contributed by atoms with Crippen LogP contribution in [0.1, 0.15) is 64.8 Å². The molecule has 0 unspecified atom stereocenters. The van der Waals surface area contributed by atoms with Crippen LogP contribution >= 0.6 is 0 Å². The summed E-state index contributed by atoms with van der Waals surface area (Å²) >= 11 is 0.